The van der Waals surface area contributed by atoms with Gasteiger partial charge in [-0.1, -0.05) is 78.9 Å². The number of nitrogens with zero attached hydrogens (tertiary/aromatic N) is 1. The van der Waals surface area contributed by atoms with Gasteiger partial charge < -0.3 is 4.74 Å². The molecule has 1 atom stereocenters. The molecule has 0 bridgehead atoms. The van der Waals surface area contributed by atoms with E-state index in [0.29, 0.717) is 5.56 Å². The smallest absolute Gasteiger partial charge is 0.417 e. The Morgan fingerprint density at radius 3 is 2.39 bits per heavy atom. The minimum absolute atomic E-state index is 0.487. The molecule has 1 saturated heterocycles. The van der Waals surface area contributed by atoms with Gasteiger partial charge in [-0.15, -0.1) is 0 Å². The third kappa shape index (κ3) is 3.71. The zero-order chi connectivity index (χ0) is 21.1. The van der Waals surface area contributed by atoms with E-state index in [1.165, 1.54) is 6.08 Å². The summed E-state index contributed by atoms with van der Waals surface area (Å²) in [6, 6.07) is 24.9. The lowest BCUT2D eigenvalue weighted by Crippen LogP contribution is -2.32. The molecule has 138 valence electrons. The summed E-state index contributed by atoms with van der Waals surface area (Å²) in [5, 5.41) is 0. The molecule has 1 aliphatic rings. The van der Waals surface area contributed by atoms with Crippen LogP contribution in [0.15, 0.2) is 91.0 Å². The van der Waals surface area contributed by atoms with Gasteiger partial charge in [0, 0.05) is 6.08 Å². The van der Waals surface area contributed by atoms with E-state index >= 15 is 0 Å². The first-order valence-electron chi connectivity index (χ1n) is 9.90. The maximum atomic E-state index is 12.8. The highest BCUT2D eigenvalue weighted by Crippen LogP contribution is 2.28. The Balaban J connectivity index is 1.60. The van der Waals surface area contributed by atoms with Crippen molar-refractivity contribution in [2.45, 2.75) is 6.04 Å². The topological polar surface area (TPSA) is 46.6 Å². The van der Waals surface area contributed by atoms with Gasteiger partial charge in [0.05, 0.1) is 2.74 Å². The summed E-state index contributed by atoms with van der Waals surface area (Å²) in [6.45, 7) is -2.31. The zero-order valence-electron chi connectivity index (χ0n) is 17.0. The summed E-state index contributed by atoms with van der Waals surface area (Å²) < 4.78 is 21.0. The number of imide groups is 1. The molecule has 0 N–H and O–H groups in total. The van der Waals surface area contributed by atoms with E-state index in [4.69, 9.17) is 7.48 Å². The van der Waals surface area contributed by atoms with Gasteiger partial charge >= 0.3 is 6.09 Å². The molecule has 0 spiro atoms. The number of benzene rings is 3. The maximum absolute atomic E-state index is 12.8. The van der Waals surface area contributed by atoms with Crippen molar-refractivity contribution in [2.75, 3.05) is 6.56 Å². The molecule has 0 saturated carbocycles. The summed E-state index contributed by atoms with van der Waals surface area (Å²) in [5.74, 6) is -0.639. The Kier molecular flexibility index (Phi) is 4.36. The lowest BCUT2D eigenvalue weighted by molar-refractivity contribution is -0.124. The summed E-state index contributed by atoms with van der Waals surface area (Å²) in [4.78, 5) is 25.9. The Labute approximate surface area is 166 Å². The van der Waals surface area contributed by atoms with Crippen LogP contribution >= 0.6 is 0 Å². The molecule has 0 aliphatic carbocycles. The Hall–Kier alpha value is -3.66. The third-order valence-electron chi connectivity index (χ3n) is 4.48. The van der Waals surface area contributed by atoms with Gasteiger partial charge in [0.2, 0.25) is 0 Å². The van der Waals surface area contributed by atoms with E-state index in [0.717, 1.165) is 21.6 Å². The number of amides is 2. The predicted molar refractivity (Wildman–Crippen MR) is 108 cm³/mol. The van der Waals surface area contributed by atoms with E-state index < -0.39 is 24.6 Å². The third-order valence-corrected chi connectivity index (χ3v) is 4.48. The molecule has 4 nitrogen and oxygen atoms in total. The summed E-state index contributed by atoms with van der Waals surface area (Å²) >= 11 is 0. The molecule has 4 rings (SSSR count). The molecular formula is C24H19NO3. The zero-order valence-corrected chi connectivity index (χ0v) is 15.0. The minimum Gasteiger partial charge on any atom is -0.446 e. The number of carbonyl (C=O) groups excluding carboxylic acids is 2. The fraction of sp³-hybridized carbons (Fsp3) is 0.0833. The molecule has 0 aromatic heterocycles. The SMILES string of the molecule is [2H]C1([2H])OC(=O)N(C(=O)/C=C/c2cccc(-c3ccccc3)c2)C1c1ccccc1. The van der Waals surface area contributed by atoms with Crippen LogP contribution < -0.4 is 0 Å². The van der Waals surface area contributed by atoms with Crippen LogP contribution in [0.2, 0.25) is 0 Å². The highest BCUT2D eigenvalue weighted by molar-refractivity contribution is 6.02. The van der Waals surface area contributed by atoms with Crippen LogP contribution in [0.4, 0.5) is 4.79 Å². The molecule has 28 heavy (non-hydrogen) atoms. The van der Waals surface area contributed by atoms with Crippen molar-refractivity contribution < 1.29 is 17.1 Å². The Morgan fingerprint density at radius 2 is 1.64 bits per heavy atom. The van der Waals surface area contributed by atoms with Gasteiger partial charge in [0.1, 0.15) is 12.6 Å². The molecular weight excluding hydrogens is 350 g/mol. The predicted octanol–water partition coefficient (Wildman–Crippen LogP) is 5.09. The summed E-state index contributed by atoms with van der Waals surface area (Å²) in [6.07, 6.45) is 1.88. The van der Waals surface area contributed by atoms with Crippen molar-refractivity contribution in [3.05, 3.63) is 102 Å². The van der Waals surface area contributed by atoms with Crippen LogP contribution in [0.5, 0.6) is 0 Å². The number of carbonyl (C=O) groups is 2. The monoisotopic (exact) mass is 371 g/mol. The minimum atomic E-state index is -2.31. The van der Waals surface area contributed by atoms with Crippen molar-refractivity contribution >= 4 is 18.1 Å². The van der Waals surface area contributed by atoms with Crippen LogP contribution in [0.3, 0.4) is 0 Å². The first-order valence-corrected chi connectivity index (χ1v) is 8.90. The Morgan fingerprint density at radius 1 is 0.964 bits per heavy atom. The second kappa shape index (κ2) is 7.92. The van der Waals surface area contributed by atoms with Crippen LogP contribution in [0, 0.1) is 0 Å². The molecule has 1 fully saturated rings. The van der Waals surface area contributed by atoms with Crippen molar-refractivity contribution in [1.29, 1.82) is 0 Å². The Bertz CT molecular complexity index is 1100. The first kappa shape index (κ1) is 15.4. The molecule has 1 aliphatic heterocycles. The number of cyclic esters (lactones) is 1. The van der Waals surface area contributed by atoms with Crippen molar-refractivity contribution in [2.24, 2.45) is 0 Å². The second-order valence-electron chi connectivity index (χ2n) is 6.33. The number of rotatable bonds is 4. The van der Waals surface area contributed by atoms with Gasteiger partial charge in [-0.05, 0) is 34.4 Å². The standard InChI is InChI=1S/C24H19NO3/c26-23(25-22(17-28-24(25)27)20-11-5-2-6-12-20)15-14-18-8-7-13-21(16-18)19-9-3-1-4-10-19/h1-16,22H,17H2/b15-14+/i17D2. The van der Waals surface area contributed by atoms with Crippen LogP contribution in [0.25, 0.3) is 17.2 Å². The first-order chi connectivity index (χ1) is 14.5. The van der Waals surface area contributed by atoms with E-state index in [9.17, 15) is 9.59 Å². The molecule has 1 unspecified atom stereocenters. The van der Waals surface area contributed by atoms with E-state index in [1.54, 1.807) is 36.4 Å². The van der Waals surface area contributed by atoms with Crippen molar-refractivity contribution in [3.8, 4) is 11.1 Å². The average Bonchev–Trinajstić information content (AvgIpc) is 3.01. The summed E-state index contributed by atoms with van der Waals surface area (Å²) in [5.41, 5.74) is 3.33. The van der Waals surface area contributed by atoms with Crippen molar-refractivity contribution in [3.63, 3.8) is 0 Å². The lowest BCUT2D eigenvalue weighted by atomic mass is 10.0. The molecule has 2 amide bonds. The second-order valence-corrected chi connectivity index (χ2v) is 6.33. The van der Waals surface area contributed by atoms with Gasteiger partial charge in [-0.3, -0.25) is 4.79 Å². The molecule has 1 heterocycles. The lowest BCUT2D eigenvalue weighted by Gasteiger charge is -2.18. The molecule has 0 radical (unpaired) electrons. The van der Waals surface area contributed by atoms with Gasteiger partial charge in [0.15, 0.2) is 0 Å². The van der Waals surface area contributed by atoms with Crippen LogP contribution in [-0.4, -0.2) is 23.5 Å². The molecule has 4 heteroatoms. The van der Waals surface area contributed by atoms with E-state index in [2.05, 4.69) is 0 Å². The quantitative estimate of drug-likeness (QED) is 0.600. The maximum Gasteiger partial charge on any atom is 0.417 e. The number of hydrogen-bond donors (Lipinski definition) is 0. The largest absolute Gasteiger partial charge is 0.446 e. The van der Waals surface area contributed by atoms with Gasteiger partial charge in [-0.2, -0.15) is 0 Å². The van der Waals surface area contributed by atoms with Gasteiger partial charge in [0.25, 0.3) is 5.91 Å². The average molecular weight is 371 g/mol. The highest BCUT2D eigenvalue weighted by atomic mass is 16.6. The van der Waals surface area contributed by atoms with Crippen molar-refractivity contribution in [1.82, 2.24) is 4.90 Å². The fourth-order valence-electron chi connectivity index (χ4n) is 3.08. The highest BCUT2D eigenvalue weighted by Gasteiger charge is 2.37. The molecule has 3 aromatic rings. The number of ether oxygens (including phenoxy) is 1. The fourth-order valence-corrected chi connectivity index (χ4v) is 3.08. The van der Waals surface area contributed by atoms with E-state index in [-0.39, 0.29) is 0 Å². The normalized spacial score (nSPS) is 19.2. The van der Waals surface area contributed by atoms with E-state index in [1.807, 2.05) is 54.6 Å². The van der Waals surface area contributed by atoms with Crippen LogP contribution in [0.1, 0.15) is 19.9 Å². The number of hydrogen-bond acceptors (Lipinski definition) is 3. The summed E-state index contributed by atoms with van der Waals surface area (Å²) in [7, 11) is 0. The van der Waals surface area contributed by atoms with Gasteiger partial charge in [-0.25, -0.2) is 9.69 Å². The van der Waals surface area contributed by atoms with Crippen LogP contribution in [-0.2, 0) is 9.53 Å². The molecule has 3 aromatic carbocycles.